The second kappa shape index (κ2) is 6.95. The third-order valence-electron chi connectivity index (χ3n) is 3.27. The van der Waals surface area contributed by atoms with Crippen LogP contribution in [0.3, 0.4) is 0 Å². The summed E-state index contributed by atoms with van der Waals surface area (Å²) in [6.07, 6.45) is -0.954. The highest BCUT2D eigenvalue weighted by atomic mass is 19.1. The summed E-state index contributed by atoms with van der Waals surface area (Å²) in [5.41, 5.74) is 0.638. The number of anilines is 1. The Labute approximate surface area is 138 Å². The molecule has 0 unspecified atom stereocenters. The molecule has 0 radical (unpaired) electrons. The number of hydrogen-bond acceptors (Lipinski definition) is 4. The highest BCUT2D eigenvalue weighted by Crippen LogP contribution is 2.24. The van der Waals surface area contributed by atoms with Crippen LogP contribution in [0.15, 0.2) is 65.2 Å². The second-order valence-electron chi connectivity index (χ2n) is 5.18. The molecule has 3 aromatic rings. The minimum Gasteiger partial charge on any atom is -0.476 e. The number of nitrogens with one attached hydrogen (secondary N) is 1. The highest BCUT2D eigenvalue weighted by molar-refractivity contribution is 5.94. The summed E-state index contributed by atoms with van der Waals surface area (Å²) in [4.78, 5) is 12.6. The minimum atomic E-state index is -0.954. The largest absolute Gasteiger partial charge is 0.476 e. The summed E-state index contributed by atoms with van der Waals surface area (Å²) in [5.74, 6) is 0.259. The third kappa shape index (κ3) is 3.78. The van der Waals surface area contributed by atoms with Gasteiger partial charge in [0, 0.05) is 17.7 Å². The molecule has 3 rings (SSSR count). The monoisotopic (exact) mass is 326 g/mol. The van der Waals surface area contributed by atoms with Crippen LogP contribution in [0.25, 0.3) is 0 Å². The second-order valence-corrected chi connectivity index (χ2v) is 5.18. The molecule has 0 saturated heterocycles. The van der Waals surface area contributed by atoms with E-state index in [2.05, 4.69) is 10.5 Å². The molecule has 0 spiro atoms. The van der Waals surface area contributed by atoms with Crippen LogP contribution in [0.1, 0.15) is 17.4 Å². The van der Waals surface area contributed by atoms with Gasteiger partial charge in [-0.25, -0.2) is 4.39 Å². The Balaban J connectivity index is 1.85. The van der Waals surface area contributed by atoms with Crippen molar-refractivity contribution in [3.8, 4) is 5.75 Å². The first-order chi connectivity index (χ1) is 11.6. The molecule has 0 aliphatic carbocycles. The van der Waals surface area contributed by atoms with Crippen LogP contribution in [0.2, 0.25) is 0 Å². The molecule has 2 aromatic carbocycles. The molecule has 1 N–H and O–H groups in total. The van der Waals surface area contributed by atoms with Crippen molar-refractivity contribution in [2.75, 3.05) is 5.32 Å². The quantitative estimate of drug-likeness (QED) is 0.773. The number of ether oxygens (including phenoxy) is 1. The van der Waals surface area contributed by atoms with Crippen molar-refractivity contribution >= 4 is 11.7 Å². The molecule has 1 amide bonds. The Morgan fingerprint density at radius 3 is 2.62 bits per heavy atom. The molecule has 6 heteroatoms. The van der Waals surface area contributed by atoms with Gasteiger partial charge in [0.1, 0.15) is 17.3 Å². The predicted octanol–water partition coefficient (Wildman–Crippen LogP) is 3.88. The molecular formula is C18H15FN2O3. The number of rotatable bonds is 5. The van der Waals surface area contributed by atoms with Gasteiger partial charge in [0.15, 0.2) is 5.82 Å². The van der Waals surface area contributed by atoms with E-state index in [1.54, 1.807) is 43.3 Å². The first-order valence-corrected chi connectivity index (χ1v) is 7.33. The highest BCUT2D eigenvalue weighted by Gasteiger charge is 2.24. The number of nitrogens with zero attached hydrogens (tertiary/aromatic N) is 1. The zero-order chi connectivity index (χ0) is 16.9. The van der Waals surface area contributed by atoms with Crippen LogP contribution in [-0.4, -0.2) is 11.1 Å². The molecule has 0 fully saturated rings. The van der Waals surface area contributed by atoms with Crippen molar-refractivity contribution in [1.29, 1.82) is 0 Å². The Morgan fingerprint density at radius 1 is 1.17 bits per heavy atom. The van der Waals surface area contributed by atoms with E-state index in [4.69, 9.17) is 9.26 Å². The summed E-state index contributed by atoms with van der Waals surface area (Å²) < 4.78 is 24.0. The fourth-order valence-electron chi connectivity index (χ4n) is 2.19. The van der Waals surface area contributed by atoms with Gasteiger partial charge in [0.2, 0.25) is 6.10 Å². The fourth-order valence-corrected chi connectivity index (χ4v) is 2.19. The van der Waals surface area contributed by atoms with Gasteiger partial charge in [-0.2, -0.15) is 0 Å². The lowest BCUT2D eigenvalue weighted by Crippen LogP contribution is -2.25. The first-order valence-electron chi connectivity index (χ1n) is 7.33. The van der Waals surface area contributed by atoms with E-state index in [0.717, 1.165) is 0 Å². The maximum Gasteiger partial charge on any atom is 0.271 e. The maximum absolute atomic E-state index is 13.4. The zero-order valence-electron chi connectivity index (χ0n) is 12.9. The van der Waals surface area contributed by atoms with Gasteiger partial charge in [-0.15, -0.1) is 0 Å². The van der Waals surface area contributed by atoms with Gasteiger partial charge >= 0.3 is 0 Å². The average molecular weight is 326 g/mol. The van der Waals surface area contributed by atoms with E-state index >= 15 is 0 Å². The molecule has 5 nitrogen and oxygen atoms in total. The van der Waals surface area contributed by atoms with Crippen molar-refractivity contribution in [1.82, 2.24) is 5.16 Å². The number of amides is 1. The van der Waals surface area contributed by atoms with E-state index < -0.39 is 17.8 Å². The SMILES string of the molecule is Cc1cc(NC(=O)[C@@H](Oc2cccc(F)c2)c2ccccc2)no1. The minimum absolute atomic E-state index is 0.260. The molecule has 24 heavy (non-hydrogen) atoms. The van der Waals surface area contributed by atoms with Crippen LogP contribution in [0.4, 0.5) is 10.2 Å². The molecule has 0 aliphatic rings. The van der Waals surface area contributed by atoms with Crippen molar-refractivity contribution in [2.45, 2.75) is 13.0 Å². The number of halogens is 1. The Morgan fingerprint density at radius 2 is 1.96 bits per heavy atom. The number of benzene rings is 2. The van der Waals surface area contributed by atoms with Gasteiger partial charge in [-0.3, -0.25) is 4.79 Å². The summed E-state index contributed by atoms with van der Waals surface area (Å²) >= 11 is 0. The van der Waals surface area contributed by atoms with Gasteiger partial charge < -0.3 is 14.6 Å². The van der Waals surface area contributed by atoms with Crippen molar-refractivity contribution in [3.63, 3.8) is 0 Å². The number of hydrogen-bond donors (Lipinski definition) is 1. The van der Waals surface area contributed by atoms with Gasteiger partial charge in [-0.1, -0.05) is 41.6 Å². The summed E-state index contributed by atoms with van der Waals surface area (Å²) in [6, 6.07) is 16.2. The summed E-state index contributed by atoms with van der Waals surface area (Å²) in [7, 11) is 0. The molecule has 1 heterocycles. The number of aryl methyl sites for hydroxylation is 1. The fraction of sp³-hybridized carbons (Fsp3) is 0.111. The summed E-state index contributed by atoms with van der Waals surface area (Å²) in [6.45, 7) is 1.72. The number of aromatic nitrogens is 1. The van der Waals surface area contributed by atoms with Crippen molar-refractivity contribution < 1.29 is 18.4 Å². The van der Waals surface area contributed by atoms with Gasteiger partial charge in [0.25, 0.3) is 5.91 Å². The summed E-state index contributed by atoms with van der Waals surface area (Å²) in [5, 5.41) is 6.36. The van der Waals surface area contributed by atoms with Crippen molar-refractivity contribution in [3.05, 3.63) is 77.8 Å². The lowest BCUT2D eigenvalue weighted by atomic mass is 10.1. The van der Waals surface area contributed by atoms with E-state index in [-0.39, 0.29) is 5.75 Å². The topological polar surface area (TPSA) is 64.4 Å². The predicted molar refractivity (Wildman–Crippen MR) is 86.1 cm³/mol. The van der Waals surface area contributed by atoms with Crippen LogP contribution in [0, 0.1) is 12.7 Å². The average Bonchev–Trinajstić information content (AvgIpc) is 2.98. The Hall–Kier alpha value is -3.15. The van der Waals surface area contributed by atoms with Crippen LogP contribution >= 0.6 is 0 Å². The lowest BCUT2D eigenvalue weighted by molar-refractivity contribution is -0.123. The number of carbonyl (C=O) groups excluding carboxylic acids is 1. The molecular weight excluding hydrogens is 311 g/mol. The molecule has 0 bridgehead atoms. The number of carbonyl (C=O) groups is 1. The van der Waals surface area contributed by atoms with Crippen LogP contribution in [-0.2, 0) is 4.79 Å². The Kier molecular flexibility index (Phi) is 4.56. The Bertz CT molecular complexity index is 833. The van der Waals surface area contributed by atoms with E-state index in [0.29, 0.717) is 17.1 Å². The molecule has 1 atom stereocenters. The normalized spacial score (nSPS) is 11.8. The van der Waals surface area contributed by atoms with Crippen LogP contribution < -0.4 is 10.1 Å². The zero-order valence-corrected chi connectivity index (χ0v) is 12.9. The standard InChI is InChI=1S/C18H15FN2O3/c1-12-10-16(21-24-12)20-18(22)17(13-6-3-2-4-7-13)23-15-9-5-8-14(19)11-15/h2-11,17H,1H3,(H,20,21,22)/t17-/m0/s1. The molecule has 0 aliphatic heterocycles. The maximum atomic E-state index is 13.4. The third-order valence-corrected chi connectivity index (χ3v) is 3.27. The molecule has 122 valence electrons. The molecule has 0 saturated carbocycles. The van der Waals surface area contributed by atoms with E-state index in [9.17, 15) is 9.18 Å². The van der Waals surface area contributed by atoms with Gasteiger partial charge in [0.05, 0.1) is 0 Å². The van der Waals surface area contributed by atoms with E-state index in [1.165, 1.54) is 18.2 Å². The van der Waals surface area contributed by atoms with E-state index in [1.807, 2.05) is 6.07 Å². The van der Waals surface area contributed by atoms with Crippen LogP contribution in [0.5, 0.6) is 5.75 Å². The smallest absolute Gasteiger partial charge is 0.271 e. The van der Waals surface area contributed by atoms with Gasteiger partial charge in [-0.05, 0) is 19.1 Å². The van der Waals surface area contributed by atoms with Crippen molar-refractivity contribution in [2.24, 2.45) is 0 Å². The lowest BCUT2D eigenvalue weighted by Gasteiger charge is -2.18. The molecule has 1 aromatic heterocycles. The first kappa shape index (κ1) is 15.7.